The molecule has 0 N–H and O–H groups in total. The number of halogens is 1. The van der Waals surface area contributed by atoms with Crippen molar-refractivity contribution in [3.8, 4) is 0 Å². The molecule has 1 aromatic carbocycles. The van der Waals surface area contributed by atoms with Crippen LogP contribution in [-0.2, 0) is 16.0 Å². The van der Waals surface area contributed by atoms with Gasteiger partial charge in [-0.15, -0.1) is 11.3 Å². The summed E-state index contributed by atoms with van der Waals surface area (Å²) in [6, 6.07) is 11.1. The van der Waals surface area contributed by atoms with E-state index in [1.807, 2.05) is 35.7 Å². The van der Waals surface area contributed by atoms with E-state index in [2.05, 4.69) is 0 Å². The summed E-state index contributed by atoms with van der Waals surface area (Å²) < 4.78 is 5.39. The Labute approximate surface area is 155 Å². The molecular weight excluding hydrogens is 356 g/mol. The predicted molar refractivity (Wildman–Crippen MR) is 100 cm³/mol. The van der Waals surface area contributed by atoms with Gasteiger partial charge in [-0.3, -0.25) is 4.79 Å². The normalized spacial score (nSPS) is 16.4. The third-order valence-corrected chi connectivity index (χ3v) is 5.11. The van der Waals surface area contributed by atoms with Gasteiger partial charge in [-0.25, -0.2) is 4.79 Å². The summed E-state index contributed by atoms with van der Waals surface area (Å²) in [6.45, 7) is 0.250. The Bertz CT molecular complexity index is 821. The Hall–Kier alpha value is -2.17. The number of carbonyl (C=O) groups is 2. The first kappa shape index (κ1) is 17.6. The zero-order valence-corrected chi connectivity index (χ0v) is 15.1. The van der Waals surface area contributed by atoms with Crippen LogP contribution in [0.15, 0.2) is 65.6 Å². The topological polar surface area (TPSA) is 43.4 Å². The number of esters is 1. The van der Waals surface area contributed by atoms with Gasteiger partial charge in [0.15, 0.2) is 5.78 Å². The van der Waals surface area contributed by atoms with E-state index in [9.17, 15) is 9.59 Å². The summed E-state index contributed by atoms with van der Waals surface area (Å²) in [5.74, 6) is -0.930. The number of Topliss-reactive ketones (excluding diaryl/α,β-unsaturated/α-hetero) is 1. The minimum absolute atomic E-state index is 0.0302. The van der Waals surface area contributed by atoms with E-state index in [0.717, 1.165) is 5.56 Å². The molecule has 1 atom stereocenters. The average molecular weight is 373 g/mol. The van der Waals surface area contributed by atoms with Crippen LogP contribution in [0.25, 0.3) is 0 Å². The van der Waals surface area contributed by atoms with Crippen molar-refractivity contribution >= 4 is 34.7 Å². The number of rotatable bonds is 6. The fourth-order valence-electron chi connectivity index (χ4n) is 2.72. The van der Waals surface area contributed by atoms with Crippen LogP contribution >= 0.6 is 22.9 Å². The Balaban J connectivity index is 1.62. The maximum absolute atomic E-state index is 12.6. The summed E-state index contributed by atoms with van der Waals surface area (Å²) in [7, 11) is 0. The van der Waals surface area contributed by atoms with Crippen molar-refractivity contribution in [2.45, 2.75) is 12.8 Å². The van der Waals surface area contributed by atoms with Crippen LogP contribution < -0.4 is 0 Å². The highest BCUT2D eigenvalue weighted by Crippen LogP contribution is 2.27. The van der Waals surface area contributed by atoms with Gasteiger partial charge in [-0.2, -0.15) is 0 Å². The SMILES string of the molecule is O=C(OCCc1cccc(Cl)c1)C1=CC=CCC1C(=O)c1cccs1. The van der Waals surface area contributed by atoms with E-state index in [0.29, 0.717) is 28.3 Å². The Kier molecular flexibility index (Phi) is 5.84. The summed E-state index contributed by atoms with van der Waals surface area (Å²) >= 11 is 7.34. The first-order valence-corrected chi connectivity index (χ1v) is 9.27. The lowest BCUT2D eigenvalue weighted by atomic mass is 9.87. The summed E-state index contributed by atoms with van der Waals surface area (Å²) in [5, 5.41) is 2.52. The van der Waals surface area contributed by atoms with E-state index in [4.69, 9.17) is 16.3 Å². The van der Waals surface area contributed by atoms with Crippen LogP contribution in [0, 0.1) is 5.92 Å². The van der Waals surface area contributed by atoms with Crippen molar-refractivity contribution in [1.82, 2.24) is 0 Å². The maximum Gasteiger partial charge on any atom is 0.334 e. The van der Waals surface area contributed by atoms with Gasteiger partial charge in [0.25, 0.3) is 0 Å². The first-order valence-electron chi connectivity index (χ1n) is 8.01. The van der Waals surface area contributed by atoms with E-state index in [1.165, 1.54) is 11.3 Å². The van der Waals surface area contributed by atoms with Crippen molar-refractivity contribution in [1.29, 1.82) is 0 Å². The van der Waals surface area contributed by atoms with E-state index in [-0.39, 0.29) is 12.4 Å². The number of allylic oxidation sites excluding steroid dienone is 3. The summed E-state index contributed by atoms with van der Waals surface area (Å²) in [6.07, 6.45) is 6.48. The Morgan fingerprint density at radius 3 is 2.88 bits per heavy atom. The lowest BCUT2D eigenvalue weighted by molar-refractivity contribution is -0.139. The van der Waals surface area contributed by atoms with Gasteiger partial charge < -0.3 is 4.74 Å². The molecule has 25 heavy (non-hydrogen) atoms. The number of ketones is 1. The zero-order chi connectivity index (χ0) is 17.6. The average Bonchev–Trinajstić information content (AvgIpc) is 3.16. The van der Waals surface area contributed by atoms with Crippen LogP contribution in [0.3, 0.4) is 0 Å². The highest BCUT2D eigenvalue weighted by molar-refractivity contribution is 7.12. The predicted octanol–water partition coefficient (Wildman–Crippen LogP) is 4.87. The third-order valence-electron chi connectivity index (χ3n) is 3.99. The van der Waals surface area contributed by atoms with Crippen LogP contribution in [0.1, 0.15) is 21.7 Å². The van der Waals surface area contributed by atoms with Gasteiger partial charge in [-0.05, 0) is 35.6 Å². The molecule has 0 amide bonds. The molecule has 0 spiro atoms. The Morgan fingerprint density at radius 1 is 1.24 bits per heavy atom. The molecule has 3 nitrogen and oxygen atoms in total. The smallest absolute Gasteiger partial charge is 0.334 e. The molecule has 0 saturated carbocycles. The molecule has 1 aliphatic rings. The fourth-order valence-corrected chi connectivity index (χ4v) is 3.65. The highest BCUT2D eigenvalue weighted by atomic mass is 35.5. The number of hydrogen-bond donors (Lipinski definition) is 0. The minimum atomic E-state index is -0.470. The molecule has 1 heterocycles. The second-order valence-electron chi connectivity index (χ2n) is 5.70. The molecule has 0 radical (unpaired) electrons. The van der Waals surface area contributed by atoms with Gasteiger partial charge >= 0.3 is 5.97 Å². The van der Waals surface area contributed by atoms with Crippen LogP contribution in [0.2, 0.25) is 5.02 Å². The van der Waals surface area contributed by atoms with E-state index in [1.54, 1.807) is 24.3 Å². The molecule has 1 aromatic heterocycles. The molecular formula is C20H17ClO3S. The van der Waals surface area contributed by atoms with Gasteiger partial charge in [-0.1, -0.05) is 48.0 Å². The lowest BCUT2D eigenvalue weighted by Crippen LogP contribution is -2.24. The lowest BCUT2D eigenvalue weighted by Gasteiger charge is -2.18. The molecule has 1 aliphatic carbocycles. The molecule has 1 unspecified atom stereocenters. The largest absolute Gasteiger partial charge is 0.462 e. The summed E-state index contributed by atoms with van der Waals surface area (Å²) in [5.41, 5.74) is 1.43. The van der Waals surface area contributed by atoms with Gasteiger partial charge in [0.05, 0.1) is 17.4 Å². The Morgan fingerprint density at radius 2 is 2.12 bits per heavy atom. The standard InChI is InChI=1S/C20H17ClO3S/c21-15-6-3-5-14(13-15)10-11-24-20(23)17-8-2-1-7-16(17)19(22)18-9-4-12-25-18/h1-6,8-9,12-13,16H,7,10-11H2. The molecule has 128 valence electrons. The summed E-state index contributed by atoms with van der Waals surface area (Å²) in [4.78, 5) is 25.7. The van der Waals surface area contributed by atoms with Gasteiger partial charge in [0.2, 0.25) is 0 Å². The highest BCUT2D eigenvalue weighted by Gasteiger charge is 2.30. The molecule has 3 rings (SSSR count). The maximum atomic E-state index is 12.6. The van der Waals surface area contributed by atoms with E-state index >= 15 is 0 Å². The quantitative estimate of drug-likeness (QED) is 0.536. The van der Waals surface area contributed by atoms with Crippen molar-refractivity contribution in [3.05, 3.63) is 81.0 Å². The molecule has 0 saturated heterocycles. The molecule has 0 fully saturated rings. The zero-order valence-electron chi connectivity index (χ0n) is 13.5. The third kappa shape index (κ3) is 4.47. The molecule has 0 bridgehead atoms. The number of ether oxygens (including phenoxy) is 1. The molecule has 0 aliphatic heterocycles. The molecule has 5 heteroatoms. The van der Waals surface area contributed by atoms with Crippen molar-refractivity contribution < 1.29 is 14.3 Å². The van der Waals surface area contributed by atoms with E-state index < -0.39 is 11.9 Å². The van der Waals surface area contributed by atoms with Crippen LogP contribution in [0.5, 0.6) is 0 Å². The minimum Gasteiger partial charge on any atom is -0.462 e. The number of benzene rings is 1. The second kappa shape index (κ2) is 8.28. The monoisotopic (exact) mass is 372 g/mol. The number of thiophene rings is 1. The number of hydrogen-bond acceptors (Lipinski definition) is 4. The van der Waals surface area contributed by atoms with Crippen LogP contribution in [0.4, 0.5) is 0 Å². The van der Waals surface area contributed by atoms with Gasteiger partial charge in [0, 0.05) is 17.0 Å². The van der Waals surface area contributed by atoms with Crippen molar-refractivity contribution in [2.75, 3.05) is 6.61 Å². The van der Waals surface area contributed by atoms with Gasteiger partial charge in [0.1, 0.15) is 0 Å². The molecule has 2 aromatic rings. The number of carbonyl (C=O) groups excluding carboxylic acids is 2. The van der Waals surface area contributed by atoms with Crippen molar-refractivity contribution in [2.24, 2.45) is 5.92 Å². The fraction of sp³-hybridized carbons (Fsp3) is 0.200. The first-order chi connectivity index (χ1) is 12.1. The second-order valence-corrected chi connectivity index (χ2v) is 7.08. The van der Waals surface area contributed by atoms with Crippen LogP contribution in [-0.4, -0.2) is 18.4 Å². The van der Waals surface area contributed by atoms with Crippen molar-refractivity contribution in [3.63, 3.8) is 0 Å².